The fourth-order valence-electron chi connectivity index (χ4n) is 6.87. The molecule has 4 atom stereocenters. The molecule has 2 amide bonds. The summed E-state index contributed by atoms with van der Waals surface area (Å²) in [4.78, 5) is 43.2. The van der Waals surface area contributed by atoms with Crippen LogP contribution in [0.2, 0.25) is 18.6 Å². The van der Waals surface area contributed by atoms with Gasteiger partial charge in [-0.15, -0.1) is 0 Å². The van der Waals surface area contributed by atoms with Crippen LogP contribution in [0.15, 0.2) is 77.9 Å². The molecule has 2 aromatic carbocycles. The summed E-state index contributed by atoms with van der Waals surface area (Å²) < 4.78 is 6.82. The van der Waals surface area contributed by atoms with E-state index in [4.69, 9.17) is 4.74 Å². The van der Waals surface area contributed by atoms with Gasteiger partial charge in [-0.3, -0.25) is 9.59 Å². The van der Waals surface area contributed by atoms with Crippen LogP contribution in [0, 0.1) is 5.92 Å². The van der Waals surface area contributed by atoms with Gasteiger partial charge in [0.25, 0.3) is 5.91 Å². The Hall–Kier alpha value is -3.04. The third kappa shape index (κ3) is 7.04. The lowest BCUT2D eigenvalue weighted by atomic mass is 9.82. The summed E-state index contributed by atoms with van der Waals surface area (Å²) in [5.41, 5.74) is 3.49. The molecule has 2 aliphatic heterocycles. The van der Waals surface area contributed by atoms with E-state index in [0.29, 0.717) is 13.1 Å². The Bertz CT molecular complexity index is 1350. The average Bonchev–Trinajstić information content (AvgIpc) is 3.38. The Labute approximate surface area is 258 Å². The number of anilines is 1. The van der Waals surface area contributed by atoms with Gasteiger partial charge < -0.3 is 24.4 Å². The van der Waals surface area contributed by atoms with Crippen LogP contribution in [-0.4, -0.2) is 60.7 Å². The van der Waals surface area contributed by atoms with Gasteiger partial charge in [0.1, 0.15) is 0 Å². The lowest BCUT2D eigenvalue weighted by molar-refractivity contribution is -0.149. The van der Waals surface area contributed by atoms with Crippen molar-refractivity contribution in [1.29, 1.82) is 0 Å². The number of carbonyl (C=O) groups is 2. The molecule has 0 bridgehead atoms. The second kappa shape index (κ2) is 13.7. The molecule has 8 heteroatoms. The minimum absolute atomic E-state index is 0.0272. The summed E-state index contributed by atoms with van der Waals surface area (Å²) in [5.74, 6) is -0.635. The molecule has 7 nitrogen and oxygen atoms in total. The van der Waals surface area contributed by atoms with Crippen molar-refractivity contribution in [3.8, 4) is 0 Å². The van der Waals surface area contributed by atoms with Crippen LogP contribution < -0.4 is 4.90 Å². The first-order valence-corrected chi connectivity index (χ1v) is 18.5. The van der Waals surface area contributed by atoms with Gasteiger partial charge in [-0.2, -0.15) is 0 Å². The van der Waals surface area contributed by atoms with E-state index in [2.05, 4.69) is 32.9 Å². The third-order valence-corrected chi connectivity index (χ3v) is 11.4. The number of allylic oxidation sites excluding steroid dienone is 3. The topological polar surface area (TPSA) is 90.3 Å². The number of ether oxygens (including phenoxy) is 1. The van der Waals surface area contributed by atoms with E-state index in [0.717, 1.165) is 29.7 Å². The van der Waals surface area contributed by atoms with Crippen LogP contribution in [0.1, 0.15) is 58.1 Å². The fourth-order valence-corrected chi connectivity index (χ4v) is 9.42. The van der Waals surface area contributed by atoms with Crippen LogP contribution in [0.25, 0.3) is 0 Å². The number of fused-ring (bicyclic) bond motifs is 2. The molecule has 2 aromatic rings. The highest BCUT2D eigenvalue weighted by atomic mass is 28.4. The molecule has 4 rings (SSSR count). The Morgan fingerprint density at radius 2 is 1.74 bits per heavy atom. The fraction of sp³-hybridized carbons (Fsp3) is 0.486. The molecule has 1 fully saturated rings. The smallest absolute Gasteiger partial charge is 0.264 e. The van der Waals surface area contributed by atoms with E-state index in [1.54, 1.807) is 9.80 Å². The number of aliphatic hydroxyl groups excluding tert-OH is 1. The van der Waals surface area contributed by atoms with E-state index in [-0.39, 0.29) is 42.8 Å². The first kappa shape index (κ1) is 32.9. The zero-order valence-electron chi connectivity index (χ0n) is 26.5. The number of hydrogen-bond donors (Lipinski definition) is 2. The van der Waals surface area contributed by atoms with Gasteiger partial charge in [-0.1, -0.05) is 78.8 Å². The quantitative estimate of drug-likeness (QED) is 0.231. The van der Waals surface area contributed by atoms with Crippen molar-refractivity contribution < 1.29 is 24.2 Å². The molecule has 1 saturated heterocycles. The number of hydrogen-bond acceptors (Lipinski definition) is 5. The zero-order valence-corrected chi connectivity index (χ0v) is 27.5. The van der Waals surface area contributed by atoms with Gasteiger partial charge in [0.2, 0.25) is 5.91 Å². The Morgan fingerprint density at radius 1 is 1.07 bits per heavy atom. The maximum Gasteiger partial charge on any atom is 0.264 e. The summed E-state index contributed by atoms with van der Waals surface area (Å²) in [5, 5.41) is 9.73. The van der Waals surface area contributed by atoms with Crippen molar-refractivity contribution in [3.63, 3.8) is 0 Å². The number of benzene rings is 2. The summed E-state index contributed by atoms with van der Waals surface area (Å²) >= 11 is 0. The maximum atomic E-state index is 14.5. The highest BCUT2D eigenvalue weighted by Crippen LogP contribution is 2.59. The highest BCUT2D eigenvalue weighted by molar-refractivity contribution is 6.71. The Kier molecular flexibility index (Phi) is 10.5. The molecule has 0 saturated carbocycles. The molecular weight excluding hydrogens is 556 g/mol. The first-order valence-electron chi connectivity index (χ1n) is 15.4. The lowest BCUT2D eigenvalue weighted by Gasteiger charge is -2.32. The van der Waals surface area contributed by atoms with Crippen molar-refractivity contribution in [1.82, 2.24) is 4.90 Å². The number of amides is 2. The van der Waals surface area contributed by atoms with Crippen molar-refractivity contribution >= 4 is 25.8 Å². The minimum Gasteiger partial charge on any atom is -0.432 e. The SMILES string of the molecule is CC(C)=CCC/C(C)=C/CN1C(=O)[C@@]2(O[C@@H](CC(=O)N(CCO)Cc3ccccc3)[C@H]([Si](C)(C)O)[C@H]2C)c2ccccc21. The van der Waals surface area contributed by atoms with Crippen LogP contribution in [0.5, 0.6) is 0 Å². The van der Waals surface area contributed by atoms with Gasteiger partial charge in [-0.25, -0.2) is 0 Å². The van der Waals surface area contributed by atoms with Crippen molar-refractivity contribution in [2.45, 2.75) is 83.8 Å². The van der Waals surface area contributed by atoms with Crippen LogP contribution in [-0.2, 0) is 26.5 Å². The van der Waals surface area contributed by atoms with E-state index >= 15 is 0 Å². The van der Waals surface area contributed by atoms with Gasteiger partial charge in [0.15, 0.2) is 13.9 Å². The molecular formula is C35H48N2O5Si. The Morgan fingerprint density at radius 3 is 2.40 bits per heavy atom. The van der Waals surface area contributed by atoms with Gasteiger partial charge >= 0.3 is 0 Å². The summed E-state index contributed by atoms with van der Waals surface area (Å²) in [6.45, 7) is 12.9. The molecule has 1 spiro atoms. The zero-order chi connectivity index (χ0) is 31.4. The average molecular weight is 605 g/mol. The standard InChI is InChI=1S/C35H48N2O5Si/c1-25(2)13-12-14-26(3)19-20-37-30-18-11-10-17-29(30)35(34(37)40)27(4)33(43(5,6)41)31(42-35)23-32(39)36(21-22-38)24-28-15-8-7-9-16-28/h7-11,13,15-19,27,31,33,38,41H,12,14,20-24H2,1-6H3/b26-19+/t27-,31+,33-,35+/m1/s1. The van der Waals surface area contributed by atoms with E-state index in [1.165, 1.54) is 11.1 Å². The number of carbonyl (C=O) groups excluding carboxylic acids is 2. The molecule has 2 heterocycles. The maximum absolute atomic E-state index is 14.5. The molecule has 0 unspecified atom stereocenters. The minimum atomic E-state index is -2.90. The molecule has 2 N–H and O–H groups in total. The molecule has 232 valence electrons. The van der Waals surface area contributed by atoms with E-state index < -0.39 is 20.0 Å². The van der Waals surface area contributed by atoms with Gasteiger partial charge in [-0.05, 0) is 58.3 Å². The number of nitrogens with zero attached hydrogens (tertiary/aromatic N) is 2. The predicted octanol–water partition coefficient (Wildman–Crippen LogP) is 5.93. The molecule has 2 aliphatic rings. The van der Waals surface area contributed by atoms with Gasteiger partial charge in [0, 0.05) is 36.7 Å². The molecule has 43 heavy (non-hydrogen) atoms. The van der Waals surface area contributed by atoms with Crippen LogP contribution in [0.3, 0.4) is 0 Å². The summed E-state index contributed by atoms with van der Waals surface area (Å²) in [7, 11) is -2.90. The lowest BCUT2D eigenvalue weighted by Crippen LogP contribution is -2.46. The van der Waals surface area contributed by atoms with Crippen LogP contribution in [0.4, 0.5) is 5.69 Å². The van der Waals surface area contributed by atoms with E-state index in [1.807, 2.05) is 74.6 Å². The summed E-state index contributed by atoms with van der Waals surface area (Å²) in [6, 6.07) is 17.4. The van der Waals surface area contributed by atoms with Crippen molar-refractivity contribution in [2.24, 2.45) is 5.92 Å². The number of aliphatic hydroxyl groups is 1. The normalized spacial score (nSPS) is 23.5. The second-order valence-corrected chi connectivity index (χ2v) is 16.9. The molecule has 0 aromatic heterocycles. The number of rotatable bonds is 12. The monoisotopic (exact) mass is 604 g/mol. The Balaban J connectivity index is 1.63. The largest absolute Gasteiger partial charge is 0.432 e. The first-order chi connectivity index (χ1) is 20.4. The van der Waals surface area contributed by atoms with E-state index in [9.17, 15) is 19.5 Å². The number of para-hydroxylation sites is 1. The second-order valence-electron chi connectivity index (χ2n) is 12.9. The van der Waals surface area contributed by atoms with Crippen LogP contribution >= 0.6 is 0 Å². The predicted molar refractivity (Wildman–Crippen MR) is 174 cm³/mol. The molecule has 0 radical (unpaired) electrons. The highest BCUT2D eigenvalue weighted by Gasteiger charge is 2.66. The third-order valence-electron chi connectivity index (χ3n) is 8.92. The van der Waals surface area contributed by atoms with Crippen molar-refractivity contribution in [3.05, 3.63) is 89.0 Å². The van der Waals surface area contributed by atoms with Crippen molar-refractivity contribution in [2.75, 3.05) is 24.6 Å². The van der Waals surface area contributed by atoms with Gasteiger partial charge in [0.05, 0.1) is 24.8 Å². The molecule has 0 aliphatic carbocycles. The summed E-state index contributed by atoms with van der Waals surface area (Å²) in [6.07, 6.45) is 5.62.